The molecule has 4 rings (SSSR count). The SMILES string of the molecule is CCOc1ccc(C(=O)Nc2nc3ccc(CN4CCC(C)CC4)cc3s2)cc1. The summed E-state index contributed by atoms with van der Waals surface area (Å²) in [6, 6.07) is 13.6. The lowest BCUT2D eigenvalue weighted by Gasteiger charge is -2.30. The molecule has 0 aliphatic carbocycles. The zero-order chi connectivity index (χ0) is 20.2. The maximum absolute atomic E-state index is 12.5. The third kappa shape index (κ3) is 4.95. The van der Waals surface area contributed by atoms with Crippen LogP contribution in [-0.2, 0) is 6.54 Å². The Balaban J connectivity index is 1.42. The van der Waals surface area contributed by atoms with E-state index in [2.05, 4.69) is 40.3 Å². The van der Waals surface area contributed by atoms with Gasteiger partial charge in [-0.05, 0) is 80.7 Å². The molecule has 1 N–H and O–H groups in total. The van der Waals surface area contributed by atoms with Crippen molar-refractivity contribution in [3.05, 3.63) is 53.6 Å². The Morgan fingerprint density at radius 1 is 1.21 bits per heavy atom. The summed E-state index contributed by atoms with van der Waals surface area (Å²) < 4.78 is 6.53. The summed E-state index contributed by atoms with van der Waals surface area (Å²) in [5.41, 5.74) is 2.82. The number of nitrogens with one attached hydrogen (secondary N) is 1. The third-order valence-electron chi connectivity index (χ3n) is 5.38. The van der Waals surface area contributed by atoms with Crippen LogP contribution >= 0.6 is 11.3 Å². The molecule has 1 saturated heterocycles. The van der Waals surface area contributed by atoms with E-state index in [1.54, 1.807) is 12.1 Å². The molecule has 1 amide bonds. The van der Waals surface area contributed by atoms with Crippen LogP contribution in [0.2, 0.25) is 0 Å². The van der Waals surface area contributed by atoms with Gasteiger partial charge in [0.2, 0.25) is 0 Å². The normalized spacial score (nSPS) is 15.5. The first-order valence-electron chi connectivity index (χ1n) is 10.3. The molecule has 1 aromatic heterocycles. The topological polar surface area (TPSA) is 54.5 Å². The molecule has 3 aromatic rings. The maximum atomic E-state index is 12.5. The van der Waals surface area contributed by atoms with Crippen LogP contribution in [0, 0.1) is 5.92 Å². The summed E-state index contributed by atoms with van der Waals surface area (Å²) in [4.78, 5) is 19.6. The lowest BCUT2D eigenvalue weighted by molar-refractivity contribution is 0.102. The highest BCUT2D eigenvalue weighted by Gasteiger charge is 2.16. The van der Waals surface area contributed by atoms with Gasteiger partial charge in [0.25, 0.3) is 5.91 Å². The number of fused-ring (bicyclic) bond motifs is 1. The monoisotopic (exact) mass is 409 g/mol. The molecule has 5 nitrogen and oxygen atoms in total. The number of rotatable bonds is 6. The first-order valence-corrected chi connectivity index (χ1v) is 11.1. The van der Waals surface area contributed by atoms with Gasteiger partial charge in [-0.1, -0.05) is 24.3 Å². The van der Waals surface area contributed by atoms with Crippen LogP contribution in [0.4, 0.5) is 5.13 Å². The van der Waals surface area contributed by atoms with Crippen LogP contribution in [0.5, 0.6) is 5.75 Å². The number of nitrogens with zero attached hydrogens (tertiary/aromatic N) is 2. The second-order valence-corrected chi connectivity index (χ2v) is 8.72. The van der Waals surface area contributed by atoms with Crippen LogP contribution < -0.4 is 10.1 Å². The molecule has 0 atom stereocenters. The van der Waals surface area contributed by atoms with Crippen molar-refractivity contribution in [3.8, 4) is 5.75 Å². The van der Waals surface area contributed by atoms with Crippen LogP contribution in [0.25, 0.3) is 10.2 Å². The van der Waals surface area contributed by atoms with E-state index in [-0.39, 0.29) is 5.91 Å². The molecule has 29 heavy (non-hydrogen) atoms. The van der Waals surface area contributed by atoms with E-state index in [0.717, 1.165) is 28.4 Å². The lowest BCUT2D eigenvalue weighted by atomic mass is 9.99. The number of ether oxygens (including phenoxy) is 1. The number of aromatic nitrogens is 1. The number of carbonyl (C=O) groups is 1. The van der Waals surface area contributed by atoms with E-state index < -0.39 is 0 Å². The molecule has 152 valence electrons. The summed E-state index contributed by atoms with van der Waals surface area (Å²) in [5, 5.41) is 3.55. The lowest BCUT2D eigenvalue weighted by Crippen LogP contribution is -2.32. The van der Waals surface area contributed by atoms with Crippen molar-refractivity contribution in [2.24, 2.45) is 5.92 Å². The molecule has 2 heterocycles. The molecule has 1 aliphatic rings. The Labute approximate surface area is 175 Å². The largest absolute Gasteiger partial charge is 0.494 e. The summed E-state index contributed by atoms with van der Waals surface area (Å²) in [6.07, 6.45) is 2.56. The van der Waals surface area contributed by atoms with Gasteiger partial charge >= 0.3 is 0 Å². The average Bonchev–Trinajstić information content (AvgIpc) is 3.12. The standard InChI is InChI=1S/C23H27N3O2S/c1-3-28-19-7-5-18(6-8-19)22(27)25-23-24-20-9-4-17(14-21(20)29-23)15-26-12-10-16(2)11-13-26/h4-9,14,16H,3,10-13,15H2,1-2H3,(H,24,25,27). The Bertz CT molecular complexity index is 975. The second-order valence-electron chi connectivity index (χ2n) is 7.69. The highest BCUT2D eigenvalue weighted by Crippen LogP contribution is 2.28. The van der Waals surface area contributed by atoms with Crippen molar-refractivity contribution in [1.82, 2.24) is 9.88 Å². The highest BCUT2D eigenvalue weighted by atomic mass is 32.1. The van der Waals surface area contributed by atoms with Crippen LogP contribution in [0.15, 0.2) is 42.5 Å². The molecular weight excluding hydrogens is 382 g/mol. The zero-order valence-electron chi connectivity index (χ0n) is 17.0. The molecule has 0 bridgehead atoms. The minimum atomic E-state index is -0.158. The number of benzene rings is 2. The molecular formula is C23H27N3O2S. The summed E-state index contributed by atoms with van der Waals surface area (Å²) in [7, 11) is 0. The van der Waals surface area contributed by atoms with Crippen molar-refractivity contribution in [2.75, 3.05) is 25.0 Å². The Morgan fingerprint density at radius 3 is 2.69 bits per heavy atom. The number of anilines is 1. The number of amides is 1. The van der Waals surface area contributed by atoms with Gasteiger partial charge in [-0.25, -0.2) is 4.98 Å². The van der Waals surface area contributed by atoms with E-state index in [1.807, 2.05) is 19.1 Å². The second kappa shape index (κ2) is 8.93. The van der Waals surface area contributed by atoms with E-state index in [0.29, 0.717) is 17.3 Å². The van der Waals surface area contributed by atoms with Gasteiger partial charge in [-0.15, -0.1) is 0 Å². The van der Waals surface area contributed by atoms with E-state index >= 15 is 0 Å². The number of likely N-dealkylation sites (tertiary alicyclic amines) is 1. The Kier molecular flexibility index (Phi) is 6.11. The van der Waals surface area contributed by atoms with E-state index in [1.165, 1.54) is 42.8 Å². The minimum Gasteiger partial charge on any atom is -0.494 e. The van der Waals surface area contributed by atoms with Crippen LogP contribution in [0.1, 0.15) is 42.6 Å². The zero-order valence-corrected chi connectivity index (χ0v) is 17.8. The average molecular weight is 410 g/mol. The Morgan fingerprint density at radius 2 is 1.97 bits per heavy atom. The first kappa shape index (κ1) is 19.9. The molecule has 1 aliphatic heterocycles. The van der Waals surface area contributed by atoms with E-state index in [9.17, 15) is 4.79 Å². The number of hydrogen-bond acceptors (Lipinski definition) is 5. The van der Waals surface area contributed by atoms with Crippen molar-refractivity contribution in [2.45, 2.75) is 33.2 Å². The number of piperidine rings is 1. The highest BCUT2D eigenvalue weighted by molar-refractivity contribution is 7.22. The predicted molar refractivity (Wildman–Crippen MR) is 119 cm³/mol. The predicted octanol–water partition coefficient (Wildman–Crippen LogP) is 5.18. The van der Waals surface area contributed by atoms with Crippen molar-refractivity contribution >= 4 is 32.6 Å². The van der Waals surface area contributed by atoms with Gasteiger partial charge in [0, 0.05) is 12.1 Å². The smallest absolute Gasteiger partial charge is 0.257 e. The third-order valence-corrected chi connectivity index (χ3v) is 6.32. The van der Waals surface area contributed by atoms with Gasteiger partial charge in [-0.3, -0.25) is 15.0 Å². The van der Waals surface area contributed by atoms with Gasteiger partial charge in [0.1, 0.15) is 5.75 Å². The summed E-state index contributed by atoms with van der Waals surface area (Å²) in [5.74, 6) is 1.45. The molecule has 0 radical (unpaired) electrons. The fourth-order valence-electron chi connectivity index (χ4n) is 3.64. The van der Waals surface area contributed by atoms with Gasteiger partial charge in [-0.2, -0.15) is 0 Å². The summed E-state index contributed by atoms with van der Waals surface area (Å²) in [6.45, 7) is 8.21. The van der Waals surface area contributed by atoms with Gasteiger partial charge in [0.05, 0.1) is 16.8 Å². The minimum absolute atomic E-state index is 0.158. The van der Waals surface area contributed by atoms with Crippen LogP contribution in [-0.4, -0.2) is 35.5 Å². The molecule has 0 saturated carbocycles. The number of carbonyl (C=O) groups excluding carboxylic acids is 1. The Hall–Kier alpha value is -2.44. The fraction of sp³-hybridized carbons (Fsp3) is 0.391. The number of thiazole rings is 1. The van der Waals surface area contributed by atoms with Crippen molar-refractivity contribution < 1.29 is 9.53 Å². The van der Waals surface area contributed by atoms with Crippen LogP contribution in [0.3, 0.4) is 0 Å². The van der Waals surface area contributed by atoms with Crippen molar-refractivity contribution in [1.29, 1.82) is 0 Å². The van der Waals surface area contributed by atoms with Crippen molar-refractivity contribution in [3.63, 3.8) is 0 Å². The van der Waals surface area contributed by atoms with Gasteiger partial charge < -0.3 is 4.74 Å². The molecule has 1 fully saturated rings. The molecule has 0 unspecified atom stereocenters. The molecule has 0 spiro atoms. The first-order chi connectivity index (χ1) is 14.1. The quantitative estimate of drug-likeness (QED) is 0.609. The molecule has 2 aromatic carbocycles. The van der Waals surface area contributed by atoms with Gasteiger partial charge in [0.15, 0.2) is 5.13 Å². The summed E-state index contributed by atoms with van der Waals surface area (Å²) >= 11 is 1.52. The fourth-order valence-corrected chi connectivity index (χ4v) is 4.56. The molecule has 6 heteroatoms. The number of hydrogen-bond donors (Lipinski definition) is 1. The van der Waals surface area contributed by atoms with E-state index in [4.69, 9.17) is 4.74 Å². The maximum Gasteiger partial charge on any atom is 0.257 e.